The Balaban J connectivity index is 1.44. The van der Waals surface area contributed by atoms with Gasteiger partial charge < -0.3 is 10.1 Å². The minimum Gasteiger partial charge on any atom is -0.484 e. The highest BCUT2D eigenvalue weighted by molar-refractivity contribution is 8.27. The number of anilines is 2. The highest BCUT2D eigenvalue weighted by Crippen LogP contribution is 2.38. The molecule has 0 aliphatic carbocycles. The third-order valence-electron chi connectivity index (χ3n) is 5.09. The number of thioether (sulfide) groups is 1. The second kappa shape index (κ2) is 10.5. The highest BCUT2D eigenvalue weighted by Gasteiger charge is 2.36. The molecule has 4 rings (SSSR count). The van der Waals surface area contributed by atoms with Gasteiger partial charge in [-0.05, 0) is 61.0 Å². The second-order valence-electron chi connectivity index (χ2n) is 7.84. The Labute approximate surface area is 214 Å². The maximum Gasteiger partial charge on any atom is 0.416 e. The molecular weight excluding hydrogens is 509 g/mol. The molecule has 36 heavy (non-hydrogen) atoms. The zero-order valence-corrected chi connectivity index (χ0v) is 20.5. The Morgan fingerprint density at radius 2 is 1.81 bits per heavy atom. The fraction of sp³-hybridized carbons (Fsp3) is 0.115. The maximum absolute atomic E-state index is 13.1. The number of alkyl halides is 3. The first-order valence-electron chi connectivity index (χ1n) is 10.6. The zero-order valence-electron chi connectivity index (χ0n) is 18.8. The van der Waals surface area contributed by atoms with Crippen LogP contribution >= 0.6 is 24.0 Å². The molecule has 10 heteroatoms. The number of halogens is 3. The smallest absolute Gasteiger partial charge is 0.416 e. The summed E-state index contributed by atoms with van der Waals surface area (Å²) in [6.45, 7) is 1.74. The number of thiocarbonyl (C=S) groups is 1. The van der Waals surface area contributed by atoms with Crippen LogP contribution in [0, 0.1) is 6.92 Å². The van der Waals surface area contributed by atoms with Gasteiger partial charge in [-0.15, -0.1) is 0 Å². The number of hydrogen-bond donors (Lipinski definition) is 1. The van der Waals surface area contributed by atoms with Gasteiger partial charge in [0.15, 0.2) is 10.9 Å². The Morgan fingerprint density at radius 1 is 1.08 bits per heavy atom. The van der Waals surface area contributed by atoms with Gasteiger partial charge >= 0.3 is 6.18 Å². The Bertz CT molecular complexity index is 1360. The van der Waals surface area contributed by atoms with Crippen LogP contribution in [0.1, 0.15) is 16.7 Å². The van der Waals surface area contributed by atoms with E-state index >= 15 is 0 Å². The number of aryl methyl sites for hydroxylation is 1. The Hall–Kier alpha value is -3.63. The van der Waals surface area contributed by atoms with Crippen molar-refractivity contribution in [2.45, 2.75) is 13.1 Å². The topological polar surface area (TPSA) is 58.6 Å². The average molecular weight is 529 g/mol. The van der Waals surface area contributed by atoms with Crippen LogP contribution in [0.2, 0.25) is 0 Å². The van der Waals surface area contributed by atoms with Gasteiger partial charge in [0, 0.05) is 5.69 Å². The molecule has 0 unspecified atom stereocenters. The lowest BCUT2D eigenvalue weighted by Gasteiger charge is -2.16. The van der Waals surface area contributed by atoms with Gasteiger partial charge in [0.2, 0.25) is 0 Å². The van der Waals surface area contributed by atoms with Gasteiger partial charge in [0.05, 0.1) is 16.2 Å². The van der Waals surface area contributed by atoms with Crippen molar-refractivity contribution in [3.05, 3.63) is 94.4 Å². The molecule has 2 amide bonds. The Morgan fingerprint density at radius 3 is 2.53 bits per heavy atom. The van der Waals surface area contributed by atoms with Crippen molar-refractivity contribution in [3.63, 3.8) is 0 Å². The summed E-state index contributed by atoms with van der Waals surface area (Å²) in [4.78, 5) is 26.5. The van der Waals surface area contributed by atoms with Crippen molar-refractivity contribution < 1.29 is 27.5 Å². The number of nitrogens with one attached hydrogen (secondary N) is 1. The van der Waals surface area contributed by atoms with E-state index in [9.17, 15) is 22.8 Å². The summed E-state index contributed by atoms with van der Waals surface area (Å²) in [6.07, 6.45) is -2.96. The van der Waals surface area contributed by atoms with Gasteiger partial charge in [-0.3, -0.25) is 14.5 Å². The molecule has 0 saturated carbocycles. The van der Waals surface area contributed by atoms with E-state index in [1.807, 2.05) is 19.1 Å². The summed E-state index contributed by atoms with van der Waals surface area (Å²) < 4.78 is 45.0. The molecule has 5 nitrogen and oxygen atoms in total. The van der Waals surface area contributed by atoms with E-state index in [1.165, 1.54) is 12.1 Å². The molecule has 3 aromatic rings. The van der Waals surface area contributed by atoms with E-state index in [-0.39, 0.29) is 27.4 Å². The van der Waals surface area contributed by atoms with Crippen LogP contribution in [-0.2, 0) is 15.8 Å². The third-order valence-corrected chi connectivity index (χ3v) is 6.39. The van der Waals surface area contributed by atoms with Crippen molar-refractivity contribution in [3.8, 4) is 5.75 Å². The zero-order chi connectivity index (χ0) is 25.9. The lowest BCUT2D eigenvalue weighted by molar-refractivity contribution is -0.137. The monoisotopic (exact) mass is 528 g/mol. The van der Waals surface area contributed by atoms with Crippen LogP contribution in [0.5, 0.6) is 5.75 Å². The van der Waals surface area contributed by atoms with Crippen molar-refractivity contribution in [1.82, 2.24) is 0 Å². The fourth-order valence-electron chi connectivity index (χ4n) is 3.34. The number of ether oxygens (including phenoxy) is 1. The van der Waals surface area contributed by atoms with E-state index in [0.717, 1.165) is 34.4 Å². The lowest BCUT2D eigenvalue weighted by Crippen LogP contribution is -2.27. The van der Waals surface area contributed by atoms with Crippen LogP contribution in [0.4, 0.5) is 24.5 Å². The van der Waals surface area contributed by atoms with Gasteiger partial charge in [-0.25, -0.2) is 0 Å². The first-order valence-corrected chi connectivity index (χ1v) is 11.9. The van der Waals surface area contributed by atoms with Crippen molar-refractivity contribution in [2.75, 3.05) is 16.8 Å². The minimum absolute atomic E-state index is 0.0485. The first kappa shape index (κ1) is 25.5. The minimum atomic E-state index is -4.54. The van der Waals surface area contributed by atoms with Crippen molar-refractivity contribution >= 4 is 57.6 Å². The van der Waals surface area contributed by atoms with Crippen LogP contribution in [-0.4, -0.2) is 22.7 Å². The molecule has 1 N–H and O–H groups in total. The van der Waals surface area contributed by atoms with E-state index in [1.54, 1.807) is 42.5 Å². The molecule has 0 bridgehead atoms. The number of nitrogens with zero attached hydrogens (tertiary/aromatic N) is 1. The highest BCUT2D eigenvalue weighted by atomic mass is 32.2. The maximum atomic E-state index is 13.1. The molecule has 1 heterocycles. The van der Waals surface area contributed by atoms with E-state index in [2.05, 4.69) is 5.32 Å². The molecule has 0 spiro atoms. The van der Waals surface area contributed by atoms with Crippen LogP contribution < -0.4 is 15.0 Å². The largest absolute Gasteiger partial charge is 0.484 e. The summed E-state index contributed by atoms with van der Waals surface area (Å²) in [6, 6.07) is 18.6. The van der Waals surface area contributed by atoms with Gasteiger partial charge in [0.1, 0.15) is 5.75 Å². The molecule has 1 fully saturated rings. The predicted octanol–water partition coefficient (Wildman–Crippen LogP) is 6.44. The number of hydrogen-bond acceptors (Lipinski definition) is 5. The van der Waals surface area contributed by atoms with Crippen LogP contribution in [0.3, 0.4) is 0 Å². The van der Waals surface area contributed by atoms with Gasteiger partial charge in [-0.2, -0.15) is 13.2 Å². The molecule has 3 aromatic carbocycles. The van der Waals surface area contributed by atoms with Gasteiger partial charge in [-0.1, -0.05) is 59.9 Å². The van der Waals surface area contributed by atoms with E-state index in [4.69, 9.17) is 17.0 Å². The molecule has 0 atom stereocenters. The summed E-state index contributed by atoms with van der Waals surface area (Å²) in [5, 5.41) is 2.74. The van der Waals surface area contributed by atoms with Crippen LogP contribution in [0.25, 0.3) is 6.08 Å². The molecule has 1 aliphatic heterocycles. The SMILES string of the molecule is Cc1ccc(NC(=O)COc2cccc(/C=C3\SC(=S)N(c4cccc(C(F)(F)F)c4)C3=O)c2)cc1. The van der Waals surface area contributed by atoms with Crippen molar-refractivity contribution in [2.24, 2.45) is 0 Å². The number of benzene rings is 3. The molecule has 1 saturated heterocycles. The number of carbonyl (C=O) groups excluding carboxylic acids is 2. The standard InChI is InChI=1S/C26H19F3N2O3S2/c1-16-8-10-19(11-9-16)30-23(32)15-34-21-7-2-4-17(12-21)13-22-24(33)31(25(35)36-22)20-6-3-5-18(14-20)26(27,28)29/h2-14H,15H2,1H3,(H,30,32)/b22-13-. The van der Waals surface area contributed by atoms with E-state index in [0.29, 0.717) is 17.0 Å². The molecular formula is C26H19F3N2O3S2. The number of rotatable bonds is 6. The van der Waals surface area contributed by atoms with Gasteiger partial charge in [0.25, 0.3) is 11.8 Å². The average Bonchev–Trinajstić information content (AvgIpc) is 3.11. The lowest BCUT2D eigenvalue weighted by atomic mass is 10.1. The normalized spacial score (nSPS) is 14.9. The fourth-order valence-corrected chi connectivity index (χ4v) is 4.64. The summed E-state index contributed by atoms with van der Waals surface area (Å²) in [5.41, 5.74) is 1.52. The van der Waals surface area contributed by atoms with E-state index < -0.39 is 17.6 Å². The molecule has 184 valence electrons. The van der Waals surface area contributed by atoms with Crippen molar-refractivity contribution in [1.29, 1.82) is 0 Å². The molecule has 0 radical (unpaired) electrons. The second-order valence-corrected chi connectivity index (χ2v) is 9.52. The summed E-state index contributed by atoms with van der Waals surface area (Å²) >= 11 is 6.26. The summed E-state index contributed by atoms with van der Waals surface area (Å²) in [5.74, 6) is -0.435. The molecule has 1 aliphatic rings. The predicted molar refractivity (Wildman–Crippen MR) is 139 cm³/mol. The summed E-state index contributed by atoms with van der Waals surface area (Å²) in [7, 11) is 0. The number of carbonyl (C=O) groups is 2. The molecule has 0 aromatic heterocycles. The first-order chi connectivity index (χ1) is 17.1. The Kier molecular flexibility index (Phi) is 7.46. The number of amides is 2. The quantitative estimate of drug-likeness (QED) is 0.295. The van der Waals surface area contributed by atoms with Crippen LogP contribution in [0.15, 0.2) is 77.7 Å². The third kappa shape index (κ3) is 6.13.